The van der Waals surface area contributed by atoms with Gasteiger partial charge in [-0.25, -0.2) is 0 Å². The second kappa shape index (κ2) is 7.68. The summed E-state index contributed by atoms with van der Waals surface area (Å²) in [6.45, 7) is 0.723. The van der Waals surface area contributed by atoms with Crippen LogP contribution in [0.5, 0.6) is 0 Å². The third-order valence-electron chi connectivity index (χ3n) is 3.96. The number of nitrogens with zero attached hydrogens (tertiary/aromatic N) is 2. The van der Waals surface area contributed by atoms with Gasteiger partial charge in [0.15, 0.2) is 0 Å². The quantitative estimate of drug-likeness (QED) is 0.905. The van der Waals surface area contributed by atoms with Crippen molar-refractivity contribution in [1.82, 2.24) is 0 Å². The normalized spacial score (nSPS) is 15.1. The molecule has 0 saturated carbocycles. The molecule has 4 rings (SSSR count). The number of para-hydroxylation sites is 1. The molecule has 3 N–H and O–H groups in total. The van der Waals surface area contributed by atoms with Crippen LogP contribution in [0, 0.1) is 0 Å². The molecule has 0 saturated heterocycles. The van der Waals surface area contributed by atoms with E-state index in [-0.39, 0.29) is 0 Å². The lowest BCUT2D eigenvalue weighted by Gasteiger charge is -2.04. The molecule has 0 bridgehead atoms. The Morgan fingerprint density at radius 3 is 2.60 bits per heavy atom. The SMILES string of the molecule is C1=NCC2=Nc3ccccc3C2=C1.N[C@@H](Cc1ccccc1)C(=O)O. The van der Waals surface area contributed by atoms with Gasteiger partial charge in [-0.3, -0.25) is 14.8 Å². The minimum atomic E-state index is -0.959. The molecule has 5 heteroatoms. The molecule has 126 valence electrons. The smallest absolute Gasteiger partial charge is 0.320 e. The van der Waals surface area contributed by atoms with Crippen LogP contribution in [0.2, 0.25) is 0 Å². The van der Waals surface area contributed by atoms with Crippen LogP contribution >= 0.6 is 0 Å². The van der Waals surface area contributed by atoms with Crippen LogP contribution in [0.1, 0.15) is 11.1 Å². The number of nitrogens with two attached hydrogens (primary N) is 1. The van der Waals surface area contributed by atoms with Gasteiger partial charge in [-0.1, -0.05) is 48.5 Å². The van der Waals surface area contributed by atoms with Gasteiger partial charge >= 0.3 is 5.97 Å². The highest BCUT2D eigenvalue weighted by molar-refractivity contribution is 6.32. The molecule has 5 nitrogen and oxygen atoms in total. The second-order valence-electron chi connectivity index (χ2n) is 5.78. The van der Waals surface area contributed by atoms with Crippen molar-refractivity contribution >= 4 is 29.2 Å². The summed E-state index contributed by atoms with van der Waals surface area (Å²) in [7, 11) is 0. The topological polar surface area (TPSA) is 88.0 Å². The maximum absolute atomic E-state index is 10.4. The molecule has 25 heavy (non-hydrogen) atoms. The first-order valence-corrected chi connectivity index (χ1v) is 8.05. The van der Waals surface area contributed by atoms with E-state index in [0.29, 0.717) is 6.42 Å². The Hall–Kier alpha value is -3.05. The van der Waals surface area contributed by atoms with Crippen molar-refractivity contribution in [3.05, 3.63) is 71.8 Å². The number of carbonyl (C=O) groups is 1. The average Bonchev–Trinajstić information content (AvgIpc) is 3.02. The monoisotopic (exact) mass is 333 g/mol. The van der Waals surface area contributed by atoms with Crippen LogP contribution in [0.4, 0.5) is 5.69 Å². The van der Waals surface area contributed by atoms with Gasteiger partial charge in [0.1, 0.15) is 6.04 Å². The molecule has 0 aromatic heterocycles. The highest BCUT2D eigenvalue weighted by Gasteiger charge is 2.20. The number of hydrogen-bond donors (Lipinski definition) is 2. The third-order valence-corrected chi connectivity index (χ3v) is 3.96. The Morgan fingerprint density at radius 1 is 1.12 bits per heavy atom. The molecule has 2 aromatic rings. The predicted molar refractivity (Wildman–Crippen MR) is 101 cm³/mol. The van der Waals surface area contributed by atoms with Crippen LogP contribution in [0.15, 0.2) is 70.7 Å². The van der Waals surface area contributed by atoms with E-state index >= 15 is 0 Å². The van der Waals surface area contributed by atoms with E-state index in [2.05, 4.69) is 16.1 Å². The molecule has 0 fully saturated rings. The average molecular weight is 333 g/mol. The summed E-state index contributed by atoms with van der Waals surface area (Å²) in [4.78, 5) is 19.1. The Bertz CT molecular complexity index is 854. The zero-order valence-electron chi connectivity index (χ0n) is 13.7. The van der Waals surface area contributed by atoms with Crippen molar-refractivity contribution in [2.24, 2.45) is 15.7 Å². The summed E-state index contributed by atoms with van der Waals surface area (Å²) in [5.74, 6) is -0.959. The van der Waals surface area contributed by atoms with Crippen LogP contribution in [-0.2, 0) is 11.2 Å². The van der Waals surface area contributed by atoms with Crippen molar-refractivity contribution in [2.75, 3.05) is 6.54 Å². The highest BCUT2D eigenvalue weighted by Crippen LogP contribution is 2.34. The summed E-state index contributed by atoms with van der Waals surface area (Å²) in [6.07, 6.45) is 4.28. The molecule has 0 radical (unpaired) electrons. The lowest BCUT2D eigenvalue weighted by molar-refractivity contribution is -0.138. The maximum Gasteiger partial charge on any atom is 0.320 e. The van der Waals surface area contributed by atoms with Crippen LogP contribution in [0.3, 0.4) is 0 Å². The number of benzene rings is 2. The van der Waals surface area contributed by atoms with Crippen molar-refractivity contribution in [3.8, 4) is 0 Å². The van der Waals surface area contributed by atoms with Crippen molar-refractivity contribution in [3.63, 3.8) is 0 Å². The Kier molecular flexibility index (Phi) is 5.16. The third kappa shape index (κ3) is 4.08. The first-order chi connectivity index (χ1) is 12.1. The van der Waals surface area contributed by atoms with E-state index in [1.165, 1.54) is 11.1 Å². The number of rotatable bonds is 3. The van der Waals surface area contributed by atoms with Crippen molar-refractivity contribution < 1.29 is 9.90 Å². The maximum atomic E-state index is 10.4. The number of aliphatic carboxylic acids is 1. The molecule has 2 heterocycles. The summed E-state index contributed by atoms with van der Waals surface area (Å²) in [6, 6.07) is 16.8. The van der Waals surface area contributed by atoms with Crippen molar-refractivity contribution in [2.45, 2.75) is 12.5 Å². The van der Waals surface area contributed by atoms with Crippen molar-refractivity contribution in [1.29, 1.82) is 0 Å². The number of carboxylic acid groups (broad SMARTS) is 1. The van der Waals surface area contributed by atoms with Gasteiger partial charge in [-0.05, 0) is 24.1 Å². The first-order valence-electron chi connectivity index (χ1n) is 8.05. The molecule has 2 aromatic carbocycles. The van der Waals surface area contributed by atoms with Gasteiger partial charge in [-0.2, -0.15) is 0 Å². The Labute approximate surface area is 146 Å². The standard InChI is InChI=1S/C11H8N2.C9H11NO2/c1-2-4-10-8(3-1)9-5-6-12-7-11(9)13-10;10-8(9(11)12)6-7-4-2-1-3-5-7/h1-6H,7H2;1-5,8H,6,10H2,(H,11,12)/t;8-/m.0/s1. The lowest BCUT2D eigenvalue weighted by atomic mass is 10.0. The van der Waals surface area contributed by atoms with Gasteiger partial charge < -0.3 is 10.8 Å². The van der Waals surface area contributed by atoms with Crippen LogP contribution in [0.25, 0.3) is 5.57 Å². The Balaban J connectivity index is 0.000000147. The summed E-state index contributed by atoms with van der Waals surface area (Å²) >= 11 is 0. The van der Waals surface area contributed by atoms with E-state index in [9.17, 15) is 4.79 Å². The molecule has 2 aliphatic rings. The predicted octanol–water partition coefficient (Wildman–Crippen LogP) is 2.88. The molecule has 0 unspecified atom stereocenters. The summed E-state index contributed by atoms with van der Waals surface area (Å²) in [5, 5.41) is 8.52. The van der Waals surface area contributed by atoms with Gasteiger partial charge in [0.25, 0.3) is 0 Å². The largest absolute Gasteiger partial charge is 0.480 e. The highest BCUT2D eigenvalue weighted by atomic mass is 16.4. The first kappa shape index (κ1) is 16.8. The Morgan fingerprint density at radius 2 is 1.84 bits per heavy atom. The minimum absolute atomic E-state index is 0.385. The molecule has 0 spiro atoms. The molecule has 0 amide bonds. The van der Waals surface area contributed by atoms with E-state index in [1.54, 1.807) is 0 Å². The van der Waals surface area contributed by atoms with E-state index in [1.807, 2.05) is 60.8 Å². The number of carboxylic acids is 1. The molecular formula is C20H19N3O2. The molecule has 2 aliphatic heterocycles. The van der Waals surface area contributed by atoms with Crippen LogP contribution in [-0.4, -0.2) is 35.6 Å². The number of hydrogen-bond acceptors (Lipinski definition) is 4. The number of fused-ring (bicyclic) bond motifs is 3. The molecule has 1 atom stereocenters. The van der Waals surface area contributed by atoms with Crippen LogP contribution < -0.4 is 5.73 Å². The van der Waals surface area contributed by atoms with Gasteiger partial charge in [0.2, 0.25) is 0 Å². The summed E-state index contributed by atoms with van der Waals surface area (Å²) in [5.41, 5.74) is 11.0. The van der Waals surface area contributed by atoms with Gasteiger partial charge in [-0.15, -0.1) is 0 Å². The summed E-state index contributed by atoms with van der Waals surface area (Å²) < 4.78 is 0. The van der Waals surface area contributed by atoms with E-state index in [4.69, 9.17) is 10.8 Å². The van der Waals surface area contributed by atoms with Gasteiger partial charge in [0, 0.05) is 17.4 Å². The molecular weight excluding hydrogens is 314 g/mol. The fourth-order valence-corrected chi connectivity index (χ4v) is 2.69. The van der Waals surface area contributed by atoms with E-state index in [0.717, 1.165) is 23.5 Å². The van der Waals surface area contributed by atoms with E-state index < -0.39 is 12.0 Å². The number of aliphatic imine (C=N–C) groups is 2. The molecule has 0 aliphatic carbocycles. The van der Waals surface area contributed by atoms with Gasteiger partial charge in [0.05, 0.1) is 17.9 Å². The fraction of sp³-hybridized carbons (Fsp3) is 0.150. The number of allylic oxidation sites excluding steroid dienone is 1. The number of dihydropyridines is 1. The lowest BCUT2D eigenvalue weighted by Crippen LogP contribution is -2.32. The minimum Gasteiger partial charge on any atom is -0.480 e. The fourth-order valence-electron chi connectivity index (χ4n) is 2.69. The zero-order chi connectivity index (χ0) is 17.6. The second-order valence-corrected chi connectivity index (χ2v) is 5.78. The zero-order valence-corrected chi connectivity index (χ0v) is 13.7.